The maximum absolute atomic E-state index is 8.67. The number of hydrogen-bond donors (Lipinski definition) is 1. The van der Waals surface area contributed by atoms with E-state index in [0.29, 0.717) is 6.61 Å². The zero-order valence-electron chi connectivity index (χ0n) is 12.8. The highest BCUT2D eigenvalue weighted by Gasteiger charge is 1.98. The summed E-state index contributed by atoms with van der Waals surface area (Å²) >= 11 is 0. The minimum Gasteiger partial charge on any atom is -0.496 e. The largest absolute Gasteiger partial charge is 0.496 e. The molecule has 1 aromatic carbocycles. The maximum atomic E-state index is 8.67. The van der Waals surface area contributed by atoms with Crippen LogP contribution in [0.15, 0.2) is 24.3 Å². The molecule has 1 N–H and O–H groups in total. The van der Waals surface area contributed by atoms with Gasteiger partial charge < -0.3 is 9.84 Å². The average Bonchev–Trinajstić information content (AvgIpc) is 2.45. The van der Waals surface area contributed by atoms with Crippen molar-refractivity contribution in [3.8, 4) is 5.75 Å². The minimum atomic E-state index is 0.301. The fourth-order valence-electron chi connectivity index (χ4n) is 1.75. The van der Waals surface area contributed by atoms with Gasteiger partial charge in [-0.3, -0.25) is 0 Å². The van der Waals surface area contributed by atoms with Crippen molar-refractivity contribution < 1.29 is 9.84 Å². The van der Waals surface area contributed by atoms with Crippen LogP contribution in [0.4, 0.5) is 0 Å². The van der Waals surface area contributed by atoms with E-state index in [-0.39, 0.29) is 0 Å². The number of aliphatic hydroxyl groups is 1. The SMILES string of the molecule is CC.COc1ccc(C)cc1/C=C/CCCCCO. The molecule has 108 valence electrons. The van der Waals surface area contributed by atoms with E-state index in [4.69, 9.17) is 9.84 Å². The standard InChI is InChI=1S/C15H22O2.C2H6/c1-13-9-10-15(17-2)14(12-13)8-6-4-3-5-7-11-16;1-2/h6,8-10,12,16H,3-5,7,11H2,1-2H3;1-2H3/b8-6+;. The molecular weight excluding hydrogens is 236 g/mol. The van der Waals surface area contributed by atoms with Crippen LogP contribution in [-0.2, 0) is 0 Å². The predicted molar refractivity (Wildman–Crippen MR) is 83.7 cm³/mol. The highest BCUT2D eigenvalue weighted by Crippen LogP contribution is 2.21. The Kier molecular flexibility index (Phi) is 11.0. The second kappa shape index (κ2) is 11.8. The first-order chi connectivity index (χ1) is 9.27. The van der Waals surface area contributed by atoms with Crippen LogP contribution < -0.4 is 4.74 Å². The third kappa shape index (κ3) is 7.68. The number of allylic oxidation sites excluding steroid dienone is 1. The highest BCUT2D eigenvalue weighted by molar-refractivity contribution is 5.58. The van der Waals surface area contributed by atoms with Gasteiger partial charge in [0, 0.05) is 12.2 Å². The molecule has 0 aliphatic heterocycles. The summed E-state index contributed by atoms with van der Waals surface area (Å²) in [6.45, 7) is 6.38. The van der Waals surface area contributed by atoms with Gasteiger partial charge in [-0.15, -0.1) is 0 Å². The first-order valence-corrected chi connectivity index (χ1v) is 7.20. The average molecular weight is 264 g/mol. The Morgan fingerprint density at radius 3 is 2.53 bits per heavy atom. The van der Waals surface area contributed by atoms with E-state index in [1.165, 1.54) is 5.56 Å². The summed E-state index contributed by atoms with van der Waals surface area (Å²) in [7, 11) is 1.70. The van der Waals surface area contributed by atoms with Gasteiger partial charge in [0.1, 0.15) is 5.75 Å². The number of aliphatic hydroxyl groups excluding tert-OH is 1. The van der Waals surface area contributed by atoms with Gasteiger partial charge in [0.15, 0.2) is 0 Å². The van der Waals surface area contributed by atoms with Gasteiger partial charge in [0.25, 0.3) is 0 Å². The molecule has 0 heterocycles. The smallest absolute Gasteiger partial charge is 0.126 e. The molecule has 0 radical (unpaired) electrons. The molecule has 2 nitrogen and oxygen atoms in total. The van der Waals surface area contributed by atoms with Crippen molar-refractivity contribution in [2.75, 3.05) is 13.7 Å². The predicted octanol–water partition coefficient (Wildman–Crippen LogP) is 4.60. The van der Waals surface area contributed by atoms with Gasteiger partial charge in [-0.05, 0) is 38.3 Å². The summed E-state index contributed by atoms with van der Waals surface area (Å²) in [6.07, 6.45) is 8.47. The molecule has 0 aliphatic rings. The van der Waals surface area contributed by atoms with Gasteiger partial charge in [-0.25, -0.2) is 0 Å². The molecular formula is C17H28O2. The lowest BCUT2D eigenvalue weighted by molar-refractivity contribution is 0.283. The monoisotopic (exact) mass is 264 g/mol. The van der Waals surface area contributed by atoms with Crippen molar-refractivity contribution in [1.29, 1.82) is 0 Å². The van der Waals surface area contributed by atoms with E-state index in [9.17, 15) is 0 Å². The summed E-state index contributed by atoms with van der Waals surface area (Å²) in [5, 5.41) is 8.67. The molecule has 0 amide bonds. The van der Waals surface area contributed by atoms with E-state index in [1.54, 1.807) is 7.11 Å². The normalized spacial score (nSPS) is 10.2. The molecule has 0 saturated heterocycles. The summed E-state index contributed by atoms with van der Waals surface area (Å²) in [5.41, 5.74) is 2.38. The van der Waals surface area contributed by atoms with Crippen molar-refractivity contribution in [3.05, 3.63) is 35.4 Å². The van der Waals surface area contributed by atoms with Crippen LogP contribution in [0.5, 0.6) is 5.75 Å². The topological polar surface area (TPSA) is 29.5 Å². The Bertz CT molecular complexity index is 356. The molecule has 0 fully saturated rings. The van der Waals surface area contributed by atoms with Crippen LogP contribution in [0.3, 0.4) is 0 Å². The molecule has 2 heteroatoms. The second-order valence-electron chi connectivity index (χ2n) is 4.22. The van der Waals surface area contributed by atoms with Crippen LogP contribution >= 0.6 is 0 Å². The van der Waals surface area contributed by atoms with Gasteiger partial charge in [-0.1, -0.05) is 44.1 Å². The molecule has 1 aromatic rings. The van der Waals surface area contributed by atoms with Gasteiger partial charge in [-0.2, -0.15) is 0 Å². The lowest BCUT2D eigenvalue weighted by Crippen LogP contribution is -1.87. The quantitative estimate of drug-likeness (QED) is 0.729. The van der Waals surface area contributed by atoms with Crippen molar-refractivity contribution in [3.63, 3.8) is 0 Å². The number of methoxy groups -OCH3 is 1. The molecule has 0 aliphatic carbocycles. The summed E-state index contributed by atoms with van der Waals surface area (Å²) in [5.74, 6) is 0.919. The molecule has 19 heavy (non-hydrogen) atoms. The summed E-state index contributed by atoms with van der Waals surface area (Å²) in [6, 6.07) is 6.18. The molecule has 0 bridgehead atoms. The fourth-order valence-corrected chi connectivity index (χ4v) is 1.75. The van der Waals surface area contributed by atoms with Crippen molar-refractivity contribution >= 4 is 6.08 Å². The van der Waals surface area contributed by atoms with Crippen molar-refractivity contribution in [2.24, 2.45) is 0 Å². The Morgan fingerprint density at radius 2 is 1.89 bits per heavy atom. The maximum Gasteiger partial charge on any atom is 0.126 e. The minimum absolute atomic E-state index is 0.301. The molecule has 0 aromatic heterocycles. The lowest BCUT2D eigenvalue weighted by atomic mass is 10.1. The van der Waals surface area contributed by atoms with Gasteiger partial charge in [0.2, 0.25) is 0 Å². The molecule has 0 spiro atoms. The third-order valence-electron chi connectivity index (χ3n) is 2.71. The molecule has 0 saturated carbocycles. The van der Waals surface area contributed by atoms with Gasteiger partial charge >= 0.3 is 0 Å². The Balaban J connectivity index is 0.00000154. The first-order valence-electron chi connectivity index (χ1n) is 7.20. The number of aryl methyl sites for hydroxylation is 1. The van der Waals surface area contributed by atoms with E-state index < -0.39 is 0 Å². The van der Waals surface area contributed by atoms with E-state index in [2.05, 4.69) is 31.2 Å². The zero-order valence-corrected chi connectivity index (χ0v) is 12.8. The number of hydrogen-bond acceptors (Lipinski definition) is 2. The lowest BCUT2D eigenvalue weighted by Gasteiger charge is -2.05. The molecule has 0 unspecified atom stereocenters. The number of ether oxygens (including phenoxy) is 1. The molecule has 0 atom stereocenters. The van der Waals surface area contributed by atoms with Crippen LogP contribution in [0.2, 0.25) is 0 Å². The Labute approximate surface area is 118 Å². The summed E-state index contributed by atoms with van der Waals surface area (Å²) in [4.78, 5) is 0. The zero-order chi connectivity index (χ0) is 14.5. The Morgan fingerprint density at radius 1 is 1.16 bits per heavy atom. The fraction of sp³-hybridized carbons (Fsp3) is 0.529. The van der Waals surface area contributed by atoms with Crippen LogP contribution in [-0.4, -0.2) is 18.8 Å². The van der Waals surface area contributed by atoms with Crippen LogP contribution in [0.1, 0.15) is 50.7 Å². The number of benzene rings is 1. The van der Waals surface area contributed by atoms with E-state index in [1.807, 2.05) is 19.9 Å². The number of rotatable bonds is 7. The highest BCUT2D eigenvalue weighted by atomic mass is 16.5. The Hall–Kier alpha value is -1.28. The van der Waals surface area contributed by atoms with Gasteiger partial charge in [0.05, 0.1) is 7.11 Å². The molecule has 1 rings (SSSR count). The van der Waals surface area contributed by atoms with E-state index in [0.717, 1.165) is 37.0 Å². The number of unbranched alkanes of at least 4 members (excludes halogenated alkanes) is 3. The second-order valence-corrected chi connectivity index (χ2v) is 4.22. The van der Waals surface area contributed by atoms with Crippen molar-refractivity contribution in [2.45, 2.75) is 46.5 Å². The van der Waals surface area contributed by atoms with Crippen LogP contribution in [0, 0.1) is 6.92 Å². The third-order valence-corrected chi connectivity index (χ3v) is 2.71. The summed E-state index contributed by atoms with van der Waals surface area (Å²) < 4.78 is 5.31. The van der Waals surface area contributed by atoms with Crippen molar-refractivity contribution in [1.82, 2.24) is 0 Å². The first kappa shape index (κ1) is 17.7. The van der Waals surface area contributed by atoms with E-state index >= 15 is 0 Å². The van der Waals surface area contributed by atoms with Crippen LogP contribution in [0.25, 0.3) is 6.08 Å².